The highest BCUT2D eigenvalue weighted by molar-refractivity contribution is 5.89. The number of rotatable bonds is 4. The van der Waals surface area contributed by atoms with E-state index in [1.165, 1.54) is 6.42 Å². The molecule has 0 radical (unpaired) electrons. The molecule has 2 saturated heterocycles. The zero-order chi connectivity index (χ0) is 16.8. The normalized spacial score (nSPS) is 21.5. The van der Waals surface area contributed by atoms with Crippen molar-refractivity contribution in [2.24, 2.45) is 0 Å². The lowest BCUT2D eigenvalue weighted by Gasteiger charge is -2.33. The number of piperidine rings is 1. The molecule has 2 aliphatic rings. The highest BCUT2D eigenvalue weighted by atomic mass is 16.2. The third-order valence-electron chi connectivity index (χ3n) is 4.80. The molecule has 0 bridgehead atoms. The number of urea groups is 1. The summed E-state index contributed by atoms with van der Waals surface area (Å²) in [6.45, 7) is 2.48. The molecule has 0 aromatic heterocycles. The first-order valence-corrected chi connectivity index (χ1v) is 8.84. The van der Waals surface area contributed by atoms with E-state index in [1.54, 1.807) is 0 Å². The lowest BCUT2D eigenvalue weighted by molar-refractivity contribution is -0.132. The van der Waals surface area contributed by atoms with Crippen LogP contribution in [0.25, 0.3) is 0 Å². The zero-order valence-corrected chi connectivity index (χ0v) is 14.0. The van der Waals surface area contributed by atoms with Crippen molar-refractivity contribution in [3.8, 4) is 0 Å². The molecule has 0 spiro atoms. The van der Waals surface area contributed by atoms with E-state index in [0.29, 0.717) is 12.5 Å². The summed E-state index contributed by atoms with van der Waals surface area (Å²) < 4.78 is 0. The fourth-order valence-corrected chi connectivity index (χ4v) is 3.42. The second-order valence-corrected chi connectivity index (χ2v) is 6.62. The van der Waals surface area contributed by atoms with E-state index in [4.69, 9.17) is 0 Å². The molecule has 130 valence electrons. The standard InChI is InChI=1S/C18H26N4O2/c23-17(13-16-7-4-10-19-16)22-11-8-15(9-12-22)21-18(24)20-14-5-2-1-3-6-14/h1-3,5-6,15-16,19H,4,7-13H2,(H2,20,21,24). The Morgan fingerprint density at radius 3 is 2.54 bits per heavy atom. The quantitative estimate of drug-likeness (QED) is 0.790. The molecular formula is C18H26N4O2. The van der Waals surface area contributed by atoms with Crippen molar-refractivity contribution < 1.29 is 9.59 Å². The molecule has 1 aromatic carbocycles. The number of benzene rings is 1. The molecule has 1 aromatic rings. The van der Waals surface area contributed by atoms with E-state index in [2.05, 4.69) is 16.0 Å². The maximum absolute atomic E-state index is 12.3. The van der Waals surface area contributed by atoms with Gasteiger partial charge in [-0.1, -0.05) is 18.2 Å². The summed E-state index contributed by atoms with van der Waals surface area (Å²) in [6.07, 6.45) is 4.49. The molecular weight excluding hydrogens is 304 g/mol. The first-order chi connectivity index (χ1) is 11.7. The molecule has 1 unspecified atom stereocenters. The van der Waals surface area contributed by atoms with Crippen molar-refractivity contribution in [1.29, 1.82) is 0 Å². The Balaban J connectivity index is 1.38. The van der Waals surface area contributed by atoms with Crippen molar-refractivity contribution in [2.75, 3.05) is 25.0 Å². The minimum atomic E-state index is -0.180. The third kappa shape index (κ3) is 4.71. The summed E-state index contributed by atoms with van der Waals surface area (Å²) in [5, 5.41) is 9.20. The highest BCUT2D eigenvalue weighted by Crippen LogP contribution is 2.15. The Morgan fingerprint density at radius 2 is 1.88 bits per heavy atom. The molecule has 3 amide bonds. The van der Waals surface area contributed by atoms with Gasteiger partial charge in [-0.15, -0.1) is 0 Å². The average molecular weight is 330 g/mol. The van der Waals surface area contributed by atoms with Gasteiger partial charge in [0.15, 0.2) is 0 Å². The van der Waals surface area contributed by atoms with Crippen molar-refractivity contribution >= 4 is 17.6 Å². The molecule has 2 aliphatic heterocycles. The molecule has 6 heteroatoms. The minimum absolute atomic E-state index is 0.127. The maximum atomic E-state index is 12.3. The van der Waals surface area contributed by atoms with Gasteiger partial charge in [-0.2, -0.15) is 0 Å². The summed E-state index contributed by atoms with van der Waals surface area (Å²) >= 11 is 0. The largest absolute Gasteiger partial charge is 0.342 e. The molecule has 0 aliphatic carbocycles. The number of amides is 3. The van der Waals surface area contributed by atoms with Crippen LogP contribution in [-0.4, -0.2) is 48.6 Å². The smallest absolute Gasteiger partial charge is 0.319 e. The van der Waals surface area contributed by atoms with Crippen molar-refractivity contribution in [2.45, 2.75) is 44.2 Å². The number of hydrogen-bond donors (Lipinski definition) is 3. The summed E-state index contributed by atoms with van der Waals surface area (Å²) in [5.74, 6) is 0.238. The molecule has 3 N–H and O–H groups in total. The van der Waals surface area contributed by atoms with Crippen LogP contribution in [0.2, 0.25) is 0 Å². The van der Waals surface area contributed by atoms with Gasteiger partial charge in [0.1, 0.15) is 0 Å². The van der Waals surface area contributed by atoms with Gasteiger partial charge in [0.05, 0.1) is 0 Å². The zero-order valence-electron chi connectivity index (χ0n) is 14.0. The first kappa shape index (κ1) is 16.8. The number of hydrogen-bond acceptors (Lipinski definition) is 3. The summed E-state index contributed by atoms with van der Waals surface area (Å²) in [4.78, 5) is 26.3. The SMILES string of the molecule is O=C(Nc1ccccc1)NC1CCN(C(=O)CC2CCCN2)CC1. The van der Waals surface area contributed by atoms with E-state index in [-0.39, 0.29) is 18.0 Å². The number of likely N-dealkylation sites (tertiary alicyclic amines) is 1. The van der Waals surface area contributed by atoms with Crippen LogP contribution in [0.4, 0.5) is 10.5 Å². The summed E-state index contributed by atoms with van der Waals surface area (Å²) in [6, 6.07) is 9.71. The van der Waals surface area contributed by atoms with E-state index in [9.17, 15) is 9.59 Å². The third-order valence-corrected chi connectivity index (χ3v) is 4.80. The minimum Gasteiger partial charge on any atom is -0.342 e. The van der Waals surface area contributed by atoms with E-state index in [0.717, 1.165) is 44.6 Å². The number of carbonyl (C=O) groups excluding carboxylic acids is 2. The molecule has 1 atom stereocenters. The van der Waals surface area contributed by atoms with Crippen molar-refractivity contribution in [3.63, 3.8) is 0 Å². The van der Waals surface area contributed by atoms with Gasteiger partial charge < -0.3 is 20.9 Å². The fraction of sp³-hybridized carbons (Fsp3) is 0.556. The van der Waals surface area contributed by atoms with Gasteiger partial charge in [0, 0.05) is 37.3 Å². The van der Waals surface area contributed by atoms with Gasteiger partial charge in [-0.05, 0) is 44.4 Å². The Kier molecular flexibility index (Phi) is 5.69. The van der Waals surface area contributed by atoms with E-state index < -0.39 is 0 Å². The van der Waals surface area contributed by atoms with Gasteiger partial charge in [-0.25, -0.2) is 4.79 Å². The lowest BCUT2D eigenvalue weighted by atomic mass is 10.0. The molecule has 2 heterocycles. The Morgan fingerprint density at radius 1 is 1.12 bits per heavy atom. The lowest BCUT2D eigenvalue weighted by Crippen LogP contribution is -2.48. The fourth-order valence-electron chi connectivity index (χ4n) is 3.42. The highest BCUT2D eigenvalue weighted by Gasteiger charge is 2.26. The summed E-state index contributed by atoms with van der Waals surface area (Å²) in [7, 11) is 0. The molecule has 6 nitrogen and oxygen atoms in total. The van der Waals surface area contributed by atoms with Crippen LogP contribution in [0.15, 0.2) is 30.3 Å². The Hall–Kier alpha value is -2.08. The summed E-state index contributed by atoms with van der Waals surface area (Å²) in [5.41, 5.74) is 0.784. The van der Waals surface area contributed by atoms with Gasteiger partial charge >= 0.3 is 6.03 Å². The first-order valence-electron chi connectivity index (χ1n) is 8.84. The van der Waals surface area contributed by atoms with E-state index >= 15 is 0 Å². The maximum Gasteiger partial charge on any atom is 0.319 e. The van der Waals surface area contributed by atoms with Crippen LogP contribution in [0, 0.1) is 0 Å². The Bertz CT molecular complexity index is 549. The molecule has 0 saturated carbocycles. The average Bonchev–Trinajstić information content (AvgIpc) is 3.09. The molecule has 3 rings (SSSR count). The van der Waals surface area contributed by atoms with Crippen molar-refractivity contribution in [1.82, 2.24) is 15.5 Å². The van der Waals surface area contributed by atoms with Crippen LogP contribution in [0.5, 0.6) is 0 Å². The predicted molar refractivity (Wildman–Crippen MR) is 93.8 cm³/mol. The monoisotopic (exact) mass is 330 g/mol. The van der Waals surface area contributed by atoms with Crippen molar-refractivity contribution in [3.05, 3.63) is 30.3 Å². The molecule has 2 fully saturated rings. The van der Waals surface area contributed by atoms with Crippen LogP contribution in [-0.2, 0) is 4.79 Å². The van der Waals surface area contributed by atoms with Gasteiger partial charge in [0.2, 0.25) is 5.91 Å². The Labute approximate surface area is 143 Å². The number of anilines is 1. The number of para-hydroxylation sites is 1. The van der Waals surface area contributed by atoms with Gasteiger partial charge in [-0.3, -0.25) is 4.79 Å². The number of nitrogens with zero attached hydrogens (tertiary/aromatic N) is 1. The predicted octanol–water partition coefficient (Wildman–Crippen LogP) is 1.94. The van der Waals surface area contributed by atoms with Gasteiger partial charge in [0.25, 0.3) is 0 Å². The van der Waals surface area contributed by atoms with E-state index in [1.807, 2.05) is 35.2 Å². The van der Waals surface area contributed by atoms with Crippen LogP contribution in [0.1, 0.15) is 32.1 Å². The second-order valence-electron chi connectivity index (χ2n) is 6.62. The number of nitrogens with one attached hydrogen (secondary N) is 3. The topological polar surface area (TPSA) is 73.5 Å². The van der Waals surface area contributed by atoms with Crippen LogP contribution < -0.4 is 16.0 Å². The second kappa shape index (κ2) is 8.15. The van der Waals surface area contributed by atoms with Crippen LogP contribution >= 0.6 is 0 Å². The molecule has 24 heavy (non-hydrogen) atoms. The van der Waals surface area contributed by atoms with Crippen LogP contribution in [0.3, 0.4) is 0 Å². The number of carbonyl (C=O) groups is 2.